The molecule has 0 radical (unpaired) electrons. The molecule has 0 aliphatic heterocycles. The molecular formula is C15H17N5OS. The van der Waals surface area contributed by atoms with E-state index in [9.17, 15) is 0 Å². The second kappa shape index (κ2) is 6.25. The van der Waals surface area contributed by atoms with Crippen LogP contribution >= 0.6 is 11.3 Å². The fraction of sp³-hybridized carbons (Fsp3) is 0.267. The molecule has 0 unspecified atom stereocenters. The molecule has 6 nitrogen and oxygen atoms in total. The fourth-order valence-electron chi connectivity index (χ4n) is 2.13. The Labute approximate surface area is 132 Å². The number of nitrogens with zero attached hydrogens (tertiary/aromatic N) is 3. The molecule has 3 aromatic rings. The highest BCUT2D eigenvalue weighted by Gasteiger charge is 2.14. The van der Waals surface area contributed by atoms with Gasteiger partial charge in [0.05, 0.1) is 22.7 Å². The molecule has 0 fully saturated rings. The van der Waals surface area contributed by atoms with Crippen LogP contribution in [0.2, 0.25) is 0 Å². The van der Waals surface area contributed by atoms with Crippen LogP contribution in [0.4, 0.5) is 0 Å². The number of hydrogen-bond acceptors (Lipinski definition) is 6. The van der Waals surface area contributed by atoms with Gasteiger partial charge in [0.2, 0.25) is 0 Å². The number of aromatic nitrogens is 4. The first kappa shape index (κ1) is 14.7. The monoisotopic (exact) mass is 315 g/mol. The highest BCUT2D eigenvalue weighted by Crippen LogP contribution is 2.29. The van der Waals surface area contributed by atoms with Crippen LogP contribution in [0.15, 0.2) is 24.3 Å². The van der Waals surface area contributed by atoms with Crippen molar-refractivity contribution in [1.29, 1.82) is 0 Å². The number of nitrogens with two attached hydrogens (primary N) is 1. The van der Waals surface area contributed by atoms with Gasteiger partial charge < -0.3 is 10.5 Å². The second-order valence-electron chi connectivity index (χ2n) is 4.80. The van der Waals surface area contributed by atoms with Crippen LogP contribution in [0.3, 0.4) is 0 Å². The predicted molar refractivity (Wildman–Crippen MR) is 87.0 cm³/mol. The summed E-state index contributed by atoms with van der Waals surface area (Å²) < 4.78 is 5.16. The van der Waals surface area contributed by atoms with Gasteiger partial charge in [-0.15, -0.1) is 11.3 Å². The zero-order chi connectivity index (χ0) is 15.5. The van der Waals surface area contributed by atoms with Crippen molar-refractivity contribution in [2.45, 2.75) is 13.3 Å². The molecule has 0 saturated heterocycles. The zero-order valence-corrected chi connectivity index (χ0v) is 13.3. The molecule has 114 valence electrons. The lowest BCUT2D eigenvalue weighted by Crippen LogP contribution is -2.01. The van der Waals surface area contributed by atoms with Gasteiger partial charge in [-0.05, 0) is 37.7 Å². The molecule has 0 aliphatic rings. The Bertz CT molecular complexity index is 763. The molecule has 0 saturated carbocycles. The van der Waals surface area contributed by atoms with Crippen LogP contribution in [0, 0.1) is 6.92 Å². The van der Waals surface area contributed by atoms with Crippen molar-refractivity contribution in [3.63, 3.8) is 0 Å². The number of H-pyrrole nitrogens is 1. The van der Waals surface area contributed by atoms with E-state index < -0.39 is 0 Å². The molecule has 2 heterocycles. The first-order chi connectivity index (χ1) is 10.7. The van der Waals surface area contributed by atoms with Crippen molar-refractivity contribution in [3.05, 3.63) is 35.0 Å². The Hall–Kier alpha value is -2.25. The van der Waals surface area contributed by atoms with E-state index in [1.807, 2.05) is 31.2 Å². The first-order valence-corrected chi connectivity index (χ1v) is 7.76. The lowest BCUT2D eigenvalue weighted by molar-refractivity contribution is 0.415. The van der Waals surface area contributed by atoms with Gasteiger partial charge in [-0.2, -0.15) is 5.10 Å². The van der Waals surface area contributed by atoms with Crippen LogP contribution in [-0.4, -0.2) is 33.8 Å². The van der Waals surface area contributed by atoms with Gasteiger partial charge >= 0.3 is 0 Å². The third-order valence-electron chi connectivity index (χ3n) is 3.25. The number of aryl methyl sites for hydroxylation is 1. The quantitative estimate of drug-likeness (QED) is 0.754. The van der Waals surface area contributed by atoms with E-state index in [-0.39, 0.29) is 0 Å². The lowest BCUT2D eigenvalue weighted by Gasteiger charge is -1.99. The van der Waals surface area contributed by atoms with Gasteiger partial charge in [-0.1, -0.05) is 0 Å². The fourth-order valence-corrected chi connectivity index (χ4v) is 3.15. The molecule has 0 bridgehead atoms. The normalized spacial score (nSPS) is 10.9. The maximum absolute atomic E-state index is 5.58. The van der Waals surface area contributed by atoms with E-state index in [4.69, 9.17) is 10.5 Å². The van der Waals surface area contributed by atoms with E-state index in [1.165, 1.54) is 0 Å². The Morgan fingerprint density at radius 1 is 1.23 bits per heavy atom. The topological polar surface area (TPSA) is 89.7 Å². The van der Waals surface area contributed by atoms with Crippen molar-refractivity contribution in [2.75, 3.05) is 13.7 Å². The standard InChI is InChI=1S/C15H17N5OS/c1-9-13(22-12(17-9)7-8-16)15-18-14(19-20-15)10-3-5-11(21-2)6-4-10/h3-6H,7-8,16H2,1-2H3,(H,18,19,20). The molecule has 2 aromatic heterocycles. The molecule has 3 N–H and O–H groups in total. The Balaban J connectivity index is 1.89. The van der Waals surface area contributed by atoms with Crippen LogP contribution in [0.5, 0.6) is 5.75 Å². The van der Waals surface area contributed by atoms with Gasteiger partial charge in [-0.3, -0.25) is 5.10 Å². The average Bonchev–Trinajstić information content (AvgIpc) is 3.14. The number of rotatable bonds is 5. The number of nitrogens with one attached hydrogen (secondary N) is 1. The molecule has 22 heavy (non-hydrogen) atoms. The van der Waals surface area contributed by atoms with Crippen LogP contribution in [0.1, 0.15) is 10.7 Å². The molecule has 0 atom stereocenters. The van der Waals surface area contributed by atoms with Crippen molar-refractivity contribution >= 4 is 11.3 Å². The zero-order valence-electron chi connectivity index (χ0n) is 12.5. The summed E-state index contributed by atoms with van der Waals surface area (Å²) in [5.74, 6) is 2.21. The maximum atomic E-state index is 5.58. The SMILES string of the molecule is COc1ccc(-c2n[nH]c(-c3sc(CCN)nc3C)n2)cc1. The maximum Gasteiger partial charge on any atom is 0.181 e. The van der Waals surface area contributed by atoms with Crippen molar-refractivity contribution in [2.24, 2.45) is 5.73 Å². The molecule has 3 rings (SSSR count). The van der Waals surface area contributed by atoms with Crippen LogP contribution < -0.4 is 10.5 Å². The van der Waals surface area contributed by atoms with Crippen molar-refractivity contribution < 1.29 is 4.74 Å². The average molecular weight is 315 g/mol. The lowest BCUT2D eigenvalue weighted by atomic mass is 10.2. The smallest absolute Gasteiger partial charge is 0.181 e. The van der Waals surface area contributed by atoms with E-state index in [0.717, 1.165) is 39.1 Å². The summed E-state index contributed by atoms with van der Waals surface area (Å²) in [7, 11) is 1.64. The molecule has 1 aromatic carbocycles. The van der Waals surface area contributed by atoms with E-state index in [1.54, 1.807) is 18.4 Å². The van der Waals surface area contributed by atoms with Crippen LogP contribution in [0.25, 0.3) is 22.1 Å². The number of ether oxygens (including phenoxy) is 1. The summed E-state index contributed by atoms with van der Waals surface area (Å²) in [4.78, 5) is 10.1. The number of hydrogen-bond donors (Lipinski definition) is 2. The highest BCUT2D eigenvalue weighted by molar-refractivity contribution is 7.15. The summed E-state index contributed by atoms with van der Waals surface area (Å²) in [6.45, 7) is 2.57. The Morgan fingerprint density at radius 2 is 2.00 bits per heavy atom. The van der Waals surface area contributed by atoms with Crippen LogP contribution in [-0.2, 0) is 6.42 Å². The van der Waals surface area contributed by atoms with Gasteiger partial charge in [0.15, 0.2) is 11.6 Å². The first-order valence-electron chi connectivity index (χ1n) is 6.95. The second-order valence-corrected chi connectivity index (χ2v) is 5.88. The largest absolute Gasteiger partial charge is 0.497 e. The number of benzene rings is 1. The summed E-state index contributed by atoms with van der Waals surface area (Å²) in [6.07, 6.45) is 0.783. The van der Waals surface area contributed by atoms with Gasteiger partial charge in [0, 0.05) is 12.0 Å². The molecule has 7 heteroatoms. The molecule has 0 amide bonds. The summed E-state index contributed by atoms with van der Waals surface area (Å²) in [5.41, 5.74) is 7.47. The summed E-state index contributed by atoms with van der Waals surface area (Å²) in [5, 5.41) is 8.31. The molecule has 0 spiro atoms. The number of thiazole rings is 1. The third kappa shape index (κ3) is 2.86. The molecular weight excluding hydrogens is 298 g/mol. The minimum absolute atomic E-state index is 0.597. The van der Waals surface area contributed by atoms with E-state index >= 15 is 0 Å². The predicted octanol–water partition coefficient (Wildman–Crippen LogP) is 2.41. The van der Waals surface area contributed by atoms with Gasteiger partial charge in [0.1, 0.15) is 5.75 Å². The summed E-state index contributed by atoms with van der Waals surface area (Å²) in [6, 6.07) is 7.65. The summed E-state index contributed by atoms with van der Waals surface area (Å²) >= 11 is 1.61. The minimum Gasteiger partial charge on any atom is -0.497 e. The van der Waals surface area contributed by atoms with Crippen molar-refractivity contribution in [1.82, 2.24) is 20.2 Å². The van der Waals surface area contributed by atoms with Crippen molar-refractivity contribution in [3.8, 4) is 27.8 Å². The Kier molecular flexibility index (Phi) is 4.17. The number of aromatic amines is 1. The van der Waals surface area contributed by atoms with Gasteiger partial charge in [0.25, 0.3) is 0 Å². The minimum atomic E-state index is 0.597. The number of methoxy groups -OCH3 is 1. The third-order valence-corrected chi connectivity index (χ3v) is 4.47. The van der Waals surface area contributed by atoms with E-state index in [0.29, 0.717) is 12.4 Å². The Morgan fingerprint density at radius 3 is 2.68 bits per heavy atom. The van der Waals surface area contributed by atoms with Gasteiger partial charge in [-0.25, -0.2) is 9.97 Å². The molecule has 0 aliphatic carbocycles. The highest BCUT2D eigenvalue weighted by atomic mass is 32.1. The van der Waals surface area contributed by atoms with E-state index in [2.05, 4.69) is 20.2 Å².